The molecule has 26 heavy (non-hydrogen) atoms. The molecule has 0 spiro atoms. The van der Waals surface area contributed by atoms with Crippen LogP contribution in [0.2, 0.25) is 5.02 Å². The Morgan fingerprint density at radius 3 is 2.69 bits per heavy atom. The van der Waals surface area contributed by atoms with Gasteiger partial charge in [0.25, 0.3) is 11.1 Å². The van der Waals surface area contributed by atoms with E-state index in [4.69, 9.17) is 18.0 Å². The van der Waals surface area contributed by atoms with E-state index < -0.39 is 11.7 Å². The van der Waals surface area contributed by atoms with Crippen molar-refractivity contribution in [3.8, 4) is 18.0 Å². The number of thioether (sulfide) groups is 1. The smallest absolute Gasteiger partial charge is 0.294 e. The lowest BCUT2D eigenvalue weighted by Gasteiger charge is -2.10. The topological polar surface area (TPSA) is 42.3 Å². The quantitative estimate of drug-likeness (QED) is 0.572. The van der Waals surface area contributed by atoms with Crippen LogP contribution < -0.4 is 0 Å². The van der Waals surface area contributed by atoms with E-state index in [0.717, 1.165) is 33.6 Å². The van der Waals surface area contributed by atoms with Crippen molar-refractivity contribution in [2.45, 2.75) is 13.8 Å². The molecule has 1 fully saturated rings. The second-order valence-electron chi connectivity index (χ2n) is 5.73. The average Bonchev–Trinajstić information content (AvgIpc) is 3.01. The van der Waals surface area contributed by atoms with E-state index in [2.05, 4.69) is 5.92 Å². The Bertz CT molecular complexity index is 1000. The number of hydrogen-bond acceptors (Lipinski definition) is 3. The summed E-state index contributed by atoms with van der Waals surface area (Å²) in [5.74, 6) is 1.43. The molecule has 3 rings (SSSR count). The predicted octanol–water partition coefficient (Wildman–Crippen LogP) is 4.56. The van der Waals surface area contributed by atoms with Gasteiger partial charge in [-0.05, 0) is 61.5 Å². The van der Waals surface area contributed by atoms with Gasteiger partial charge in [0.05, 0.1) is 16.5 Å². The largest absolute Gasteiger partial charge is 0.318 e. The molecular formula is C19H14ClFN2O2S. The van der Waals surface area contributed by atoms with E-state index in [0.29, 0.717) is 10.6 Å². The molecule has 2 heterocycles. The minimum atomic E-state index is -0.486. The van der Waals surface area contributed by atoms with Gasteiger partial charge in [0.15, 0.2) is 0 Å². The van der Waals surface area contributed by atoms with Crippen molar-refractivity contribution >= 4 is 40.6 Å². The van der Waals surface area contributed by atoms with Crippen molar-refractivity contribution in [2.24, 2.45) is 0 Å². The maximum Gasteiger partial charge on any atom is 0.294 e. The van der Waals surface area contributed by atoms with Gasteiger partial charge in [0.1, 0.15) is 5.82 Å². The third-order valence-corrected chi connectivity index (χ3v) is 5.24. The van der Waals surface area contributed by atoms with Crippen LogP contribution >= 0.6 is 23.4 Å². The van der Waals surface area contributed by atoms with Crippen LogP contribution in [0.15, 0.2) is 29.2 Å². The Morgan fingerprint density at radius 1 is 1.31 bits per heavy atom. The Kier molecular flexibility index (Phi) is 4.94. The van der Waals surface area contributed by atoms with E-state index in [-0.39, 0.29) is 16.8 Å². The summed E-state index contributed by atoms with van der Waals surface area (Å²) in [5, 5.41) is -0.342. The molecule has 0 bridgehead atoms. The lowest BCUT2D eigenvalue weighted by Crippen LogP contribution is -2.28. The van der Waals surface area contributed by atoms with Gasteiger partial charge in [0.2, 0.25) is 0 Å². The number of aromatic nitrogens is 1. The Hall–Kier alpha value is -2.49. The fraction of sp³-hybridized carbons (Fsp3) is 0.158. The molecule has 0 aliphatic carbocycles. The van der Waals surface area contributed by atoms with Crippen molar-refractivity contribution in [2.75, 3.05) is 6.54 Å². The fourth-order valence-corrected chi connectivity index (χ4v) is 3.83. The summed E-state index contributed by atoms with van der Waals surface area (Å²) < 4.78 is 15.3. The van der Waals surface area contributed by atoms with Gasteiger partial charge in [-0.1, -0.05) is 17.5 Å². The van der Waals surface area contributed by atoms with Gasteiger partial charge < -0.3 is 4.57 Å². The fourth-order valence-electron chi connectivity index (χ4n) is 2.82. The summed E-state index contributed by atoms with van der Waals surface area (Å²) >= 11 is 6.75. The zero-order chi connectivity index (χ0) is 19.0. The minimum Gasteiger partial charge on any atom is -0.318 e. The Morgan fingerprint density at radius 2 is 2.04 bits per heavy atom. The van der Waals surface area contributed by atoms with Gasteiger partial charge in [-0.25, -0.2) is 4.39 Å². The van der Waals surface area contributed by atoms with Gasteiger partial charge >= 0.3 is 0 Å². The van der Waals surface area contributed by atoms with E-state index in [1.807, 2.05) is 24.5 Å². The summed E-state index contributed by atoms with van der Waals surface area (Å²) in [6.45, 7) is 3.72. The van der Waals surface area contributed by atoms with E-state index in [1.165, 1.54) is 6.07 Å². The first kappa shape index (κ1) is 18.3. The van der Waals surface area contributed by atoms with Crippen LogP contribution in [-0.4, -0.2) is 27.2 Å². The van der Waals surface area contributed by atoms with Crippen molar-refractivity contribution in [1.29, 1.82) is 0 Å². The Balaban J connectivity index is 2.01. The van der Waals surface area contributed by atoms with Gasteiger partial charge in [-0.15, -0.1) is 6.42 Å². The van der Waals surface area contributed by atoms with E-state index in [9.17, 15) is 14.0 Å². The lowest BCUT2D eigenvalue weighted by atomic mass is 10.2. The molecule has 0 saturated carbocycles. The maximum absolute atomic E-state index is 13.4. The first-order valence-electron chi connectivity index (χ1n) is 7.66. The Labute approximate surface area is 159 Å². The van der Waals surface area contributed by atoms with Crippen molar-refractivity contribution in [3.05, 3.63) is 57.0 Å². The molecule has 4 nitrogen and oxygen atoms in total. The number of terminal acetylenes is 1. The first-order chi connectivity index (χ1) is 12.3. The van der Waals surface area contributed by atoms with Crippen LogP contribution in [0.5, 0.6) is 0 Å². The van der Waals surface area contributed by atoms with Crippen molar-refractivity contribution in [1.82, 2.24) is 9.47 Å². The highest BCUT2D eigenvalue weighted by Gasteiger charge is 2.34. The monoisotopic (exact) mass is 388 g/mol. The highest BCUT2D eigenvalue weighted by molar-refractivity contribution is 8.18. The number of rotatable bonds is 3. The van der Waals surface area contributed by atoms with Crippen LogP contribution in [0.3, 0.4) is 0 Å². The normalized spacial score (nSPS) is 15.8. The van der Waals surface area contributed by atoms with Crippen LogP contribution in [0.4, 0.5) is 9.18 Å². The molecule has 0 radical (unpaired) electrons. The summed E-state index contributed by atoms with van der Waals surface area (Å²) in [7, 11) is 0. The number of benzene rings is 1. The minimum absolute atomic E-state index is 0.0342. The SMILES string of the molecule is C#CCN1C(=O)S/C(=C/c2cc(C)n(-c3ccc(F)c(Cl)c3)c2C)C1=O. The zero-order valence-electron chi connectivity index (χ0n) is 14.0. The van der Waals surface area contributed by atoms with E-state index >= 15 is 0 Å². The second-order valence-corrected chi connectivity index (χ2v) is 7.13. The third-order valence-electron chi connectivity index (χ3n) is 4.04. The zero-order valence-corrected chi connectivity index (χ0v) is 15.6. The maximum atomic E-state index is 13.4. The number of hydrogen-bond donors (Lipinski definition) is 0. The summed E-state index contributed by atoms with van der Waals surface area (Å²) in [6.07, 6.45) is 6.87. The number of nitrogens with zero attached hydrogens (tertiary/aromatic N) is 2. The molecule has 1 aromatic carbocycles. The molecule has 1 aliphatic heterocycles. The highest BCUT2D eigenvalue weighted by Crippen LogP contribution is 2.33. The molecular weight excluding hydrogens is 375 g/mol. The van der Waals surface area contributed by atoms with Crippen LogP contribution in [-0.2, 0) is 4.79 Å². The molecule has 2 aromatic rings. The van der Waals surface area contributed by atoms with Gasteiger partial charge in [-0.3, -0.25) is 14.5 Å². The van der Waals surface area contributed by atoms with Crippen LogP contribution in [0, 0.1) is 32.0 Å². The number of halogens is 2. The van der Waals surface area contributed by atoms with Crippen molar-refractivity contribution in [3.63, 3.8) is 0 Å². The summed E-state index contributed by atoms with van der Waals surface area (Å²) in [4.78, 5) is 25.6. The van der Waals surface area contributed by atoms with Crippen molar-refractivity contribution < 1.29 is 14.0 Å². The standard InChI is InChI=1S/C19H14ClFN2O2S/c1-4-7-22-18(24)17(26-19(22)25)9-13-8-11(2)23(12(13)3)14-5-6-16(21)15(20)10-14/h1,5-6,8-10H,7H2,2-3H3/b17-9+. The third kappa shape index (κ3) is 3.16. The molecule has 132 valence electrons. The van der Waals surface area contributed by atoms with Gasteiger partial charge in [0, 0.05) is 17.1 Å². The molecule has 7 heteroatoms. The molecule has 0 atom stereocenters. The molecule has 1 aliphatic rings. The van der Waals surface area contributed by atoms with E-state index in [1.54, 1.807) is 18.2 Å². The number of carbonyl (C=O) groups is 2. The number of imide groups is 1. The van der Waals surface area contributed by atoms with Crippen LogP contribution in [0.25, 0.3) is 11.8 Å². The molecule has 0 N–H and O–H groups in total. The summed E-state index contributed by atoms with van der Waals surface area (Å²) in [5.41, 5.74) is 3.23. The number of carbonyl (C=O) groups excluding carboxylic acids is 2. The molecule has 2 amide bonds. The average molecular weight is 389 g/mol. The van der Waals surface area contributed by atoms with Gasteiger partial charge in [-0.2, -0.15) is 0 Å². The highest BCUT2D eigenvalue weighted by atomic mass is 35.5. The number of aryl methyl sites for hydroxylation is 1. The number of amides is 2. The first-order valence-corrected chi connectivity index (χ1v) is 8.86. The predicted molar refractivity (Wildman–Crippen MR) is 102 cm³/mol. The molecule has 0 unspecified atom stereocenters. The summed E-state index contributed by atoms with van der Waals surface area (Å²) in [6, 6.07) is 6.37. The molecule has 1 aromatic heterocycles. The second kappa shape index (κ2) is 7.02. The van der Waals surface area contributed by atoms with Crippen LogP contribution in [0.1, 0.15) is 17.0 Å². The lowest BCUT2D eigenvalue weighted by molar-refractivity contribution is -0.122. The molecule has 1 saturated heterocycles.